The Labute approximate surface area is 180 Å². The number of aromatic nitrogens is 2. The maximum Gasteiger partial charge on any atom is 0.278 e. The number of nitrogens with zero attached hydrogens (tertiary/aromatic N) is 3. The Bertz CT molecular complexity index is 872. The SMILES string of the molecule is Cc1ccc(N(C(=O)[C@H](F)Cl)[C@@](C)(C(=O)NC2CCCCC2)c2cncnc2)cc1. The molecule has 1 aliphatic rings. The minimum absolute atomic E-state index is 0.00218. The zero-order valence-electron chi connectivity index (χ0n) is 17.1. The van der Waals surface area contributed by atoms with E-state index in [1.54, 1.807) is 31.2 Å². The highest BCUT2D eigenvalue weighted by molar-refractivity contribution is 6.32. The summed E-state index contributed by atoms with van der Waals surface area (Å²) < 4.78 is 14.1. The quantitative estimate of drug-likeness (QED) is 0.699. The van der Waals surface area contributed by atoms with E-state index in [0.717, 1.165) is 42.6 Å². The first-order valence-corrected chi connectivity index (χ1v) is 10.5. The molecule has 0 bridgehead atoms. The Balaban J connectivity index is 2.10. The summed E-state index contributed by atoms with van der Waals surface area (Å²) in [6.45, 7) is 3.47. The number of carbonyl (C=O) groups excluding carboxylic acids is 2. The number of amides is 2. The van der Waals surface area contributed by atoms with Gasteiger partial charge in [-0.3, -0.25) is 14.5 Å². The van der Waals surface area contributed by atoms with Gasteiger partial charge < -0.3 is 5.32 Å². The van der Waals surface area contributed by atoms with Crippen molar-refractivity contribution in [1.29, 1.82) is 0 Å². The molecule has 1 fully saturated rings. The third-order valence-electron chi connectivity index (χ3n) is 5.65. The van der Waals surface area contributed by atoms with Crippen LogP contribution in [0.2, 0.25) is 0 Å². The van der Waals surface area contributed by atoms with E-state index in [-0.39, 0.29) is 6.04 Å². The first-order chi connectivity index (χ1) is 14.3. The van der Waals surface area contributed by atoms with Gasteiger partial charge in [0, 0.05) is 29.7 Å². The molecule has 0 unspecified atom stereocenters. The fourth-order valence-corrected chi connectivity index (χ4v) is 3.98. The molecule has 2 atom stereocenters. The maximum atomic E-state index is 14.1. The van der Waals surface area contributed by atoms with Gasteiger partial charge in [-0.15, -0.1) is 0 Å². The number of benzene rings is 1. The predicted molar refractivity (Wildman–Crippen MR) is 114 cm³/mol. The van der Waals surface area contributed by atoms with Crippen LogP contribution in [0.5, 0.6) is 0 Å². The van der Waals surface area contributed by atoms with E-state index in [0.29, 0.717) is 11.3 Å². The topological polar surface area (TPSA) is 75.2 Å². The highest BCUT2D eigenvalue weighted by atomic mass is 35.5. The molecular formula is C22H26ClFN4O2. The first kappa shape index (κ1) is 22.2. The number of rotatable bonds is 6. The van der Waals surface area contributed by atoms with Crippen molar-refractivity contribution in [2.24, 2.45) is 0 Å². The molecule has 1 aliphatic carbocycles. The van der Waals surface area contributed by atoms with Crippen LogP contribution < -0.4 is 10.2 Å². The molecule has 0 saturated heterocycles. The molecule has 2 aromatic rings. The molecule has 1 aromatic heterocycles. The second-order valence-corrected chi connectivity index (χ2v) is 8.20. The normalized spacial score (nSPS) is 17.6. The van der Waals surface area contributed by atoms with E-state index in [1.807, 2.05) is 6.92 Å². The van der Waals surface area contributed by atoms with Crippen LogP contribution in [0.4, 0.5) is 10.1 Å². The van der Waals surface area contributed by atoms with Crippen LogP contribution in [0.3, 0.4) is 0 Å². The number of nitrogens with one attached hydrogen (secondary N) is 1. The average Bonchev–Trinajstić information content (AvgIpc) is 2.76. The van der Waals surface area contributed by atoms with Crippen molar-refractivity contribution in [2.75, 3.05) is 4.90 Å². The molecule has 1 saturated carbocycles. The maximum absolute atomic E-state index is 14.1. The van der Waals surface area contributed by atoms with Crippen molar-refractivity contribution in [1.82, 2.24) is 15.3 Å². The monoisotopic (exact) mass is 432 g/mol. The molecule has 8 heteroatoms. The minimum Gasteiger partial charge on any atom is -0.351 e. The zero-order chi connectivity index (χ0) is 21.7. The fraction of sp³-hybridized carbons (Fsp3) is 0.455. The molecular weight excluding hydrogens is 407 g/mol. The van der Waals surface area contributed by atoms with Gasteiger partial charge in [0.15, 0.2) is 5.54 Å². The minimum atomic E-state index is -2.31. The van der Waals surface area contributed by atoms with Gasteiger partial charge in [0.05, 0.1) is 0 Å². The Morgan fingerprint density at radius 2 is 1.77 bits per heavy atom. The van der Waals surface area contributed by atoms with Gasteiger partial charge in [-0.2, -0.15) is 0 Å². The van der Waals surface area contributed by atoms with Gasteiger partial charge in [-0.05, 0) is 38.8 Å². The third kappa shape index (κ3) is 4.61. The Kier molecular flexibility index (Phi) is 7.02. The summed E-state index contributed by atoms with van der Waals surface area (Å²) in [6.07, 6.45) is 9.20. The van der Waals surface area contributed by atoms with E-state index < -0.39 is 23.0 Å². The van der Waals surface area contributed by atoms with E-state index in [1.165, 1.54) is 18.7 Å². The number of halogens is 2. The smallest absolute Gasteiger partial charge is 0.278 e. The fourth-order valence-electron chi connectivity index (χ4n) is 3.88. The first-order valence-electron chi connectivity index (χ1n) is 10.1. The summed E-state index contributed by atoms with van der Waals surface area (Å²) in [5.74, 6) is -1.44. The van der Waals surface area contributed by atoms with Gasteiger partial charge >= 0.3 is 0 Å². The third-order valence-corrected chi connectivity index (χ3v) is 5.84. The lowest BCUT2D eigenvalue weighted by molar-refractivity contribution is -0.131. The Hall–Kier alpha value is -2.54. The van der Waals surface area contributed by atoms with E-state index in [9.17, 15) is 14.0 Å². The van der Waals surface area contributed by atoms with Crippen LogP contribution in [0.1, 0.15) is 50.2 Å². The molecule has 3 rings (SSSR count). The second-order valence-electron chi connectivity index (χ2n) is 7.82. The highest BCUT2D eigenvalue weighted by Gasteiger charge is 2.47. The van der Waals surface area contributed by atoms with Crippen molar-refractivity contribution < 1.29 is 14.0 Å². The van der Waals surface area contributed by atoms with E-state index >= 15 is 0 Å². The van der Waals surface area contributed by atoms with Gasteiger partial charge in [0.2, 0.25) is 0 Å². The Morgan fingerprint density at radius 3 is 2.33 bits per heavy atom. The molecule has 30 heavy (non-hydrogen) atoms. The summed E-state index contributed by atoms with van der Waals surface area (Å²) in [6, 6.07) is 6.92. The lowest BCUT2D eigenvalue weighted by atomic mass is 9.88. The molecule has 0 aliphatic heterocycles. The lowest BCUT2D eigenvalue weighted by Crippen LogP contribution is -2.60. The standard InChI is InChI=1S/C22H26ClFN4O2/c1-15-8-10-18(11-9-15)28(20(29)19(23)24)22(2,16-12-25-14-26-13-16)21(30)27-17-6-4-3-5-7-17/h8-14,17,19H,3-7H2,1-2H3,(H,27,30)/t19-,22+/m0/s1. The van der Waals surface area contributed by atoms with Crippen molar-refractivity contribution in [3.63, 3.8) is 0 Å². The van der Waals surface area contributed by atoms with E-state index in [2.05, 4.69) is 15.3 Å². The van der Waals surface area contributed by atoms with Crippen LogP contribution in [-0.4, -0.2) is 33.5 Å². The average molecular weight is 433 g/mol. The number of hydrogen-bond donors (Lipinski definition) is 1. The molecule has 160 valence electrons. The van der Waals surface area contributed by atoms with Crippen LogP contribution >= 0.6 is 11.6 Å². The lowest BCUT2D eigenvalue weighted by Gasteiger charge is -2.41. The van der Waals surface area contributed by atoms with Gasteiger partial charge in [-0.25, -0.2) is 14.4 Å². The summed E-state index contributed by atoms with van der Waals surface area (Å²) >= 11 is 5.57. The highest BCUT2D eigenvalue weighted by Crippen LogP contribution is 2.35. The van der Waals surface area contributed by atoms with Crippen LogP contribution in [0, 0.1) is 6.92 Å². The number of carbonyl (C=O) groups is 2. The van der Waals surface area contributed by atoms with Crippen LogP contribution in [-0.2, 0) is 15.1 Å². The van der Waals surface area contributed by atoms with Gasteiger partial charge in [0.25, 0.3) is 17.4 Å². The van der Waals surface area contributed by atoms with Gasteiger partial charge in [-0.1, -0.05) is 48.6 Å². The molecule has 1 N–H and O–H groups in total. The number of aryl methyl sites for hydroxylation is 1. The van der Waals surface area contributed by atoms with Crippen LogP contribution in [0.15, 0.2) is 43.0 Å². The molecule has 6 nitrogen and oxygen atoms in total. The summed E-state index contributed by atoms with van der Waals surface area (Å²) in [5.41, 5.74) is -2.21. The second kappa shape index (κ2) is 9.51. The van der Waals surface area contributed by atoms with Crippen LogP contribution in [0.25, 0.3) is 0 Å². The summed E-state index contributed by atoms with van der Waals surface area (Å²) in [7, 11) is 0. The molecule has 1 aromatic carbocycles. The summed E-state index contributed by atoms with van der Waals surface area (Å²) in [4.78, 5) is 35.7. The Morgan fingerprint density at radius 1 is 1.17 bits per heavy atom. The number of hydrogen-bond acceptors (Lipinski definition) is 4. The van der Waals surface area contributed by atoms with Gasteiger partial charge in [0.1, 0.15) is 6.33 Å². The number of alkyl halides is 2. The predicted octanol–water partition coefficient (Wildman–Crippen LogP) is 4.02. The molecule has 2 amide bonds. The largest absolute Gasteiger partial charge is 0.351 e. The molecule has 1 heterocycles. The molecule has 0 radical (unpaired) electrons. The van der Waals surface area contributed by atoms with Crippen molar-refractivity contribution >= 4 is 29.1 Å². The number of anilines is 1. The molecule has 0 spiro atoms. The van der Waals surface area contributed by atoms with E-state index in [4.69, 9.17) is 11.6 Å². The van der Waals surface area contributed by atoms with Crippen molar-refractivity contribution in [2.45, 2.75) is 63.2 Å². The van der Waals surface area contributed by atoms with Crippen molar-refractivity contribution in [3.05, 3.63) is 54.1 Å². The zero-order valence-corrected chi connectivity index (χ0v) is 17.9. The van der Waals surface area contributed by atoms with Crippen molar-refractivity contribution in [3.8, 4) is 0 Å². The summed E-state index contributed by atoms with van der Waals surface area (Å²) in [5, 5.41) is 3.06.